The molecule has 4 rings (SSSR count). The predicted molar refractivity (Wildman–Crippen MR) is 89.9 cm³/mol. The van der Waals surface area contributed by atoms with Gasteiger partial charge in [-0.25, -0.2) is 0 Å². The Balaban J connectivity index is 1.51. The molecule has 0 aliphatic carbocycles. The highest BCUT2D eigenvalue weighted by atomic mass is 16.5. The number of carbonyl (C=O) groups is 1. The predicted octanol–water partition coefficient (Wildman–Crippen LogP) is 1.73. The molecule has 2 aromatic carbocycles. The number of amides is 1. The van der Waals surface area contributed by atoms with E-state index in [1.54, 1.807) is 13.5 Å². The van der Waals surface area contributed by atoms with Crippen LogP contribution in [0.15, 0.2) is 42.5 Å². The van der Waals surface area contributed by atoms with Crippen molar-refractivity contribution < 1.29 is 18.9 Å². The number of rotatable bonds is 3. The van der Waals surface area contributed by atoms with Crippen molar-refractivity contribution in [3.63, 3.8) is 0 Å². The summed E-state index contributed by atoms with van der Waals surface area (Å²) in [7, 11) is 1.75. The highest BCUT2D eigenvalue weighted by Gasteiger charge is 2.19. The molecule has 0 bridgehead atoms. The molecule has 0 aromatic heterocycles. The Morgan fingerprint density at radius 3 is 2.79 bits per heavy atom. The molecular formula is C18H17BNO4. The van der Waals surface area contributed by atoms with Crippen LogP contribution in [0.25, 0.3) is 0 Å². The summed E-state index contributed by atoms with van der Waals surface area (Å²) in [5.41, 5.74) is 2.82. The first-order valence-corrected chi connectivity index (χ1v) is 8.02. The Morgan fingerprint density at radius 1 is 1.08 bits per heavy atom. The van der Waals surface area contributed by atoms with Gasteiger partial charge < -0.3 is 19.0 Å². The number of ether oxygens (including phenoxy) is 2. The highest BCUT2D eigenvalue weighted by molar-refractivity contribution is 6.48. The van der Waals surface area contributed by atoms with Crippen molar-refractivity contribution >= 4 is 18.9 Å². The Hall–Kier alpha value is -2.31. The number of hydrogen-bond acceptors (Lipinski definition) is 4. The number of fused-ring (bicyclic) bond motifs is 1. The number of morpholine rings is 1. The van der Waals surface area contributed by atoms with Gasteiger partial charge in [0.05, 0.1) is 19.8 Å². The fraction of sp³-hybridized carbons (Fsp3) is 0.278. The average molecular weight is 322 g/mol. The first kappa shape index (κ1) is 15.2. The van der Waals surface area contributed by atoms with Crippen LogP contribution < -0.4 is 10.2 Å². The minimum Gasteiger partial charge on any atom is -0.457 e. The summed E-state index contributed by atoms with van der Waals surface area (Å²) in [6.45, 7) is 3.02. The van der Waals surface area contributed by atoms with Crippen LogP contribution in [-0.2, 0) is 16.0 Å². The van der Waals surface area contributed by atoms with E-state index >= 15 is 0 Å². The van der Waals surface area contributed by atoms with Crippen LogP contribution in [0.2, 0.25) is 0 Å². The molecule has 0 saturated carbocycles. The molecule has 121 valence electrons. The van der Waals surface area contributed by atoms with Crippen LogP contribution >= 0.6 is 0 Å². The summed E-state index contributed by atoms with van der Waals surface area (Å²) < 4.78 is 16.5. The van der Waals surface area contributed by atoms with E-state index in [0.717, 1.165) is 16.8 Å². The summed E-state index contributed by atoms with van der Waals surface area (Å²) >= 11 is 0. The Kier molecular flexibility index (Phi) is 4.23. The van der Waals surface area contributed by atoms with Crippen LogP contribution in [0.3, 0.4) is 0 Å². The number of hydrogen-bond donors (Lipinski definition) is 0. The molecule has 0 atom stereocenters. The third-order valence-electron chi connectivity index (χ3n) is 4.18. The minimum absolute atomic E-state index is 0.0145. The Bertz CT molecular complexity index is 758. The van der Waals surface area contributed by atoms with Gasteiger partial charge in [0.25, 0.3) is 5.91 Å². The molecule has 1 fully saturated rings. The van der Waals surface area contributed by atoms with E-state index < -0.39 is 0 Å². The SMILES string of the molecule is O=C(c1cccc(Oc2ccc3c(c2)CO[B]3)c1)N1CCOCC1. The van der Waals surface area contributed by atoms with Crippen molar-refractivity contribution in [1.82, 2.24) is 4.90 Å². The second-order valence-corrected chi connectivity index (χ2v) is 5.82. The maximum Gasteiger partial charge on any atom is 0.330 e. The van der Waals surface area contributed by atoms with Crippen LogP contribution in [0.4, 0.5) is 0 Å². The molecular weight excluding hydrogens is 305 g/mol. The minimum atomic E-state index is 0.0145. The monoisotopic (exact) mass is 322 g/mol. The molecule has 0 unspecified atom stereocenters. The van der Waals surface area contributed by atoms with E-state index in [2.05, 4.69) is 0 Å². The van der Waals surface area contributed by atoms with Crippen molar-refractivity contribution in [2.45, 2.75) is 6.61 Å². The third-order valence-corrected chi connectivity index (χ3v) is 4.18. The van der Waals surface area contributed by atoms with Gasteiger partial charge in [-0.15, -0.1) is 0 Å². The first-order chi connectivity index (χ1) is 11.8. The average Bonchev–Trinajstić information content (AvgIpc) is 3.10. The molecule has 2 aromatic rings. The lowest BCUT2D eigenvalue weighted by molar-refractivity contribution is 0.0302. The number of nitrogens with zero attached hydrogens (tertiary/aromatic N) is 1. The fourth-order valence-corrected chi connectivity index (χ4v) is 2.88. The zero-order chi connectivity index (χ0) is 16.4. The lowest BCUT2D eigenvalue weighted by Crippen LogP contribution is -2.40. The summed E-state index contributed by atoms with van der Waals surface area (Å²) in [5, 5.41) is 0. The summed E-state index contributed by atoms with van der Waals surface area (Å²) in [5.74, 6) is 1.40. The lowest BCUT2D eigenvalue weighted by atomic mass is 9.87. The zero-order valence-corrected chi connectivity index (χ0v) is 13.2. The molecule has 24 heavy (non-hydrogen) atoms. The van der Waals surface area contributed by atoms with E-state index in [-0.39, 0.29) is 5.91 Å². The molecule has 2 aliphatic heterocycles. The maximum absolute atomic E-state index is 12.6. The van der Waals surface area contributed by atoms with Crippen LogP contribution in [0.5, 0.6) is 11.5 Å². The largest absolute Gasteiger partial charge is 0.457 e. The lowest BCUT2D eigenvalue weighted by Gasteiger charge is -2.27. The van der Waals surface area contributed by atoms with E-state index in [0.29, 0.717) is 44.2 Å². The molecule has 1 amide bonds. The van der Waals surface area contributed by atoms with Gasteiger partial charge in [-0.2, -0.15) is 0 Å². The van der Waals surface area contributed by atoms with E-state index in [4.69, 9.17) is 14.1 Å². The Morgan fingerprint density at radius 2 is 1.92 bits per heavy atom. The van der Waals surface area contributed by atoms with Crippen LogP contribution in [-0.4, -0.2) is 44.6 Å². The third kappa shape index (κ3) is 3.16. The van der Waals surface area contributed by atoms with E-state index in [1.807, 2.05) is 41.3 Å². The quantitative estimate of drug-likeness (QED) is 0.808. The smallest absolute Gasteiger partial charge is 0.330 e. The van der Waals surface area contributed by atoms with Gasteiger partial charge >= 0.3 is 7.48 Å². The van der Waals surface area contributed by atoms with Crippen LogP contribution in [0, 0.1) is 0 Å². The van der Waals surface area contributed by atoms with Crippen molar-refractivity contribution in [3.05, 3.63) is 53.6 Å². The van der Waals surface area contributed by atoms with Gasteiger partial charge in [-0.3, -0.25) is 4.79 Å². The maximum atomic E-state index is 12.6. The molecule has 1 saturated heterocycles. The molecule has 2 aliphatic rings. The summed E-state index contributed by atoms with van der Waals surface area (Å²) in [6, 6.07) is 13.1. The van der Waals surface area contributed by atoms with Gasteiger partial charge in [0.2, 0.25) is 0 Å². The first-order valence-electron chi connectivity index (χ1n) is 8.02. The van der Waals surface area contributed by atoms with E-state index in [9.17, 15) is 4.79 Å². The summed E-state index contributed by atoms with van der Waals surface area (Å²) in [4.78, 5) is 14.4. The van der Waals surface area contributed by atoms with E-state index in [1.165, 1.54) is 0 Å². The second-order valence-electron chi connectivity index (χ2n) is 5.82. The van der Waals surface area contributed by atoms with Crippen molar-refractivity contribution in [2.24, 2.45) is 0 Å². The molecule has 1 radical (unpaired) electrons. The van der Waals surface area contributed by atoms with Gasteiger partial charge in [0.15, 0.2) is 0 Å². The molecule has 5 nitrogen and oxygen atoms in total. The highest BCUT2D eigenvalue weighted by Crippen LogP contribution is 2.24. The van der Waals surface area contributed by atoms with Crippen molar-refractivity contribution in [2.75, 3.05) is 26.3 Å². The van der Waals surface area contributed by atoms with Crippen molar-refractivity contribution in [1.29, 1.82) is 0 Å². The molecule has 2 heterocycles. The van der Waals surface area contributed by atoms with Gasteiger partial charge in [-0.05, 0) is 41.4 Å². The standard InChI is InChI=1S/C18H17BNO4/c21-18(20-6-8-22-9-7-20)13-2-1-3-15(10-13)24-16-4-5-17-14(11-16)12-23-19-17/h1-5,10-11H,6-9,12H2. The zero-order valence-electron chi connectivity index (χ0n) is 13.2. The fourth-order valence-electron chi connectivity index (χ4n) is 2.88. The molecule has 6 heteroatoms. The number of carbonyl (C=O) groups excluding carboxylic acids is 1. The van der Waals surface area contributed by atoms with Gasteiger partial charge in [-0.1, -0.05) is 12.1 Å². The topological polar surface area (TPSA) is 48.0 Å². The number of benzene rings is 2. The van der Waals surface area contributed by atoms with Gasteiger partial charge in [0.1, 0.15) is 11.5 Å². The summed E-state index contributed by atoms with van der Waals surface area (Å²) in [6.07, 6.45) is 0. The normalized spacial score (nSPS) is 16.4. The molecule has 0 N–H and O–H groups in total. The van der Waals surface area contributed by atoms with Crippen LogP contribution in [0.1, 0.15) is 15.9 Å². The Labute approximate surface area is 141 Å². The second kappa shape index (κ2) is 6.67. The molecule has 0 spiro atoms. The van der Waals surface area contributed by atoms with Crippen molar-refractivity contribution in [3.8, 4) is 11.5 Å². The van der Waals surface area contributed by atoms with Gasteiger partial charge in [0, 0.05) is 18.7 Å².